The molecule has 0 aliphatic heterocycles. The summed E-state index contributed by atoms with van der Waals surface area (Å²) in [5.74, 6) is 0.0810. The van der Waals surface area contributed by atoms with Crippen LogP contribution in [-0.4, -0.2) is 10.9 Å². The number of aromatic amines is 1. The van der Waals surface area contributed by atoms with Crippen molar-refractivity contribution in [1.29, 1.82) is 0 Å². The minimum atomic E-state index is -0.186. The molecule has 2 aromatic rings. The Morgan fingerprint density at radius 1 is 1.30 bits per heavy atom. The first-order chi connectivity index (χ1) is 9.51. The zero-order chi connectivity index (χ0) is 14.7. The van der Waals surface area contributed by atoms with Gasteiger partial charge < -0.3 is 10.3 Å². The molecule has 0 saturated carbocycles. The van der Waals surface area contributed by atoms with E-state index < -0.39 is 0 Å². The predicted molar refractivity (Wildman–Crippen MR) is 82.1 cm³/mol. The van der Waals surface area contributed by atoms with Gasteiger partial charge in [-0.1, -0.05) is 26.0 Å². The van der Waals surface area contributed by atoms with Gasteiger partial charge in [0.05, 0.1) is 5.52 Å². The number of aromatic nitrogens is 1. The van der Waals surface area contributed by atoms with Gasteiger partial charge in [-0.2, -0.15) is 0 Å². The zero-order valence-electron chi connectivity index (χ0n) is 11.9. The summed E-state index contributed by atoms with van der Waals surface area (Å²) in [7, 11) is 0. The van der Waals surface area contributed by atoms with E-state index in [4.69, 9.17) is 0 Å². The second-order valence-corrected chi connectivity index (χ2v) is 4.99. The van der Waals surface area contributed by atoms with Gasteiger partial charge in [-0.15, -0.1) is 0 Å². The molecule has 0 saturated heterocycles. The van der Waals surface area contributed by atoms with Crippen molar-refractivity contribution >= 4 is 22.5 Å². The van der Waals surface area contributed by atoms with Crippen LogP contribution >= 0.6 is 0 Å². The molecule has 0 atom stereocenters. The molecule has 0 spiro atoms. The molecule has 4 nitrogen and oxygen atoms in total. The van der Waals surface area contributed by atoms with Gasteiger partial charge in [0, 0.05) is 17.1 Å². The average molecular weight is 270 g/mol. The van der Waals surface area contributed by atoms with Crippen molar-refractivity contribution in [3.8, 4) is 0 Å². The monoisotopic (exact) mass is 270 g/mol. The molecular formula is C16H18N2O2. The van der Waals surface area contributed by atoms with Gasteiger partial charge in [-0.05, 0) is 36.6 Å². The number of anilines is 1. The molecule has 1 heterocycles. The van der Waals surface area contributed by atoms with E-state index in [1.54, 1.807) is 25.1 Å². The topological polar surface area (TPSA) is 62.0 Å². The molecule has 2 rings (SSSR count). The first kappa shape index (κ1) is 14.1. The average Bonchev–Trinajstić information content (AvgIpc) is 2.37. The highest BCUT2D eigenvalue weighted by Crippen LogP contribution is 2.24. The molecule has 1 aromatic carbocycles. The number of benzene rings is 1. The SMILES string of the molecule is C/C=C\C(=O)Nc1ccc2c(C(C)C)cc(=O)[nH]c2c1. The maximum absolute atomic E-state index is 11.7. The maximum Gasteiger partial charge on any atom is 0.248 e. The lowest BCUT2D eigenvalue weighted by Crippen LogP contribution is -2.10. The minimum absolute atomic E-state index is 0.127. The van der Waals surface area contributed by atoms with Gasteiger partial charge in [0.25, 0.3) is 0 Å². The largest absolute Gasteiger partial charge is 0.322 e. The molecule has 0 aliphatic carbocycles. The Bertz CT molecular complexity index is 727. The van der Waals surface area contributed by atoms with E-state index >= 15 is 0 Å². The molecule has 0 aliphatic rings. The van der Waals surface area contributed by atoms with Crippen molar-refractivity contribution < 1.29 is 4.79 Å². The van der Waals surface area contributed by atoms with Crippen LogP contribution in [0.25, 0.3) is 10.9 Å². The minimum Gasteiger partial charge on any atom is -0.322 e. The lowest BCUT2D eigenvalue weighted by molar-refractivity contribution is -0.111. The van der Waals surface area contributed by atoms with Gasteiger partial charge >= 0.3 is 0 Å². The third-order valence-corrected chi connectivity index (χ3v) is 3.08. The number of H-pyrrole nitrogens is 1. The summed E-state index contributed by atoms with van der Waals surface area (Å²) in [6.45, 7) is 5.89. The number of allylic oxidation sites excluding steroid dienone is 1. The summed E-state index contributed by atoms with van der Waals surface area (Å²) in [4.78, 5) is 26.0. The van der Waals surface area contributed by atoms with E-state index in [-0.39, 0.29) is 17.4 Å². The van der Waals surface area contributed by atoms with E-state index in [9.17, 15) is 9.59 Å². The van der Waals surface area contributed by atoms with Crippen LogP contribution in [0.15, 0.2) is 41.2 Å². The number of carbonyl (C=O) groups is 1. The molecule has 0 fully saturated rings. The standard InChI is InChI=1S/C16H18N2O2/c1-4-5-15(19)17-11-6-7-12-13(10(2)3)9-16(20)18-14(12)8-11/h4-10H,1-3H3,(H,17,19)(H,18,20)/b5-4-. The summed E-state index contributed by atoms with van der Waals surface area (Å²) in [5.41, 5.74) is 2.28. The highest BCUT2D eigenvalue weighted by Gasteiger charge is 2.08. The van der Waals surface area contributed by atoms with Crippen molar-refractivity contribution in [2.75, 3.05) is 5.32 Å². The van der Waals surface area contributed by atoms with Gasteiger partial charge in [-0.25, -0.2) is 0 Å². The second kappa shape index (κ2) is 5.74. The number of nitrogens with one attached hydrogen (secondary N) is 2. The molecule has 0 radical (unpaired) electrons. The van der Waals surface area contributed by atoms with E-state index in [1.807, 2.05) is 12.1 Å². The lowest BCUT2D eigenvalue weighted by Gasteiger charge is -2.10. The third kappa shape index (κ3) is 2.96. The Morgan fingerprint density at radius 3 is 2.70 bits per heavy atom. The van der Waals surface area contributed by atoms with Crippen molar-refractivity contribution in [2.45, 2.75) is 26.7 Å². The summed E-state index contributed by atoms with van der Waals surface area (Å²) in [5, 5.41) is 3.76. The number of pyridine rings is 1. The fourth-order valence-corrected chi connectivity index (χ4v) is 2.18. The van der Waals surface area contributed by atoms with Crippen LogP contribution in [0, 0.1) is 0 Å². The number of carbonyl (C=O) groups excluding carboxylic acids is 1. The van der Waals surface area contributed by atoms with Crippen LogP contribution in [0.1, 0.15) is 32.3 Å². The normalized spacial score (nSPS) is 11.4. The Morgan fingerprint density at radius 2 is 2.05 bits per heavy atom. The second-order valence-electron chi connectivity index (χ2n) is 4.99. The summed E-state index contributed by atoms with van der Waals surface area (Å²) in [6.07, 6.45) is 3.13. The zero-order valence-corrected chi connectivity index (χ0v) is 11.9. The summed E-state index contributed by atoms with van der Waals surface area (Å²) in [6, 6.07) is 7.18. The molecule has 20 heavy (non-hydrogen) atoms. The molecule has 0 unspecified atom stereocenters. The molecule has 4 heteroatoms. The van der Waals surface area contributed by atoms with E-state index in [1.165, 1.54) is 6.08 Å². The molecule has 0 bridgehead atoms. The van der Waals surface area contributed by atoms with Crippen LogP contribution in [0.5, 0.6) is 0 Å². The van der Waals surface area contributed by atoms with Crippen molar-refractivity contribution in [3.05, 3.63) is 52.3 Å². The van der Waals surface area contributed by atoms with Crippen LogP contribution < -0.4 is 10.9 Å². The van der Waals surface area contributed by atoms with Gasteiger partial charge in [0.1, 0.15) is 0 Å². The third-order valence-electron chi connectivity index (χ3n) is 3.08. The number of hydrogen-bond acceptors (Lipinski definition) is 2. The fourth-order valence-electron chi connectivity index (χ4n) is 2.18. The van der Waals surface area contributed by atoms with Gasteiger partial charge in [0.15, 0.2) is 0 Å². The number of rotatable bonds is 3. The smallest absolute Gasteiger partial charge is 0.248 e. The van der Waals surface area contributed by atoms with Crippen molar-refractivity contribution in [3.63, 3.8) is 0 Å². The molecule has 1 amide bonds. The highest BCUT2D eigenvalue weighted by molar-refractivity contribution is 6.00. The number of hydrogen-bond donors (Lipinski definition) is 2. The summed E-state index contributed by atoms with van der Waals surface area (Å²) < 4.78 is 0. The van der Waals surface area contributed by atoms with Crippen LogP contribution in [0.4, 0.5) is 5.69 Å². The van der Waals surface area contributed by atoms with E-state index in [2.05, 4.69) is 24.1 Å². The van der Waals surface area contributed by atoms with E-state index in [0.717, 1.165) is 16.5 Å². The van der Waals surface area contributed by atoms with E-state index in [0.29, 0.717) is 5.69 Å². The highest BCUT2D eigenvalue weighted by atomic mass is 16.1. The fraction of sp³-hybridized carbons (Fsp3) is 0.250. The Balaban J connectivity index is 2.49. The van der Waals surface area contributed by atoms with Crippen LogP contribution in [0.2, 0.25) is 0 Å². The Hall–Kier alpha value is -2.36. The molecule has 1 aromatic heterocycles. The van der Waals surface area contributed by atoms with Gasteiger partial charge in [-0.3, -0.25) is 9.59 Å². The van der Waals surface area contributed by atoms with Crippen LogP contribution in [0.3, 0.4) is 0 Å². The van der Waals surface area contributed by atoms with Gasteiger partial charge in [0.2, 0.25) is 11.5 Å². The molecule has 2 N–H and O–H groups in total. The predicted octanol–water partition coefficient (Wildman–Crippen LogP) is 3.17. The van der Waals surface area contributed by atoms with Crippen LogP contribution in [-0.2, 0) is 4.79 Å². The van der Waals surface area contributed by atoms with Crippen molar-refractivity contribution in [2.24, 2.45) is 0 Å². The Kier molecular flexibility index (Phi) is 4.03. The molecule has 104 valence electrons. The number of fused-ring (bicyclic) bond motifs is 1. The van der Waals surface area contributed by atoms with Crippen molar-refractivity contribution in [1.82, 2.24) is 4.98 Å². The lowest BCUT2D eigenvalue weighted by atomic mass is 9.99. The Labute approximate surface area is 117 Å². The number of amides is 1. The first-order valence-electron chi connectivity index (χ1n) is 6.62. The summed E-state index contributed by atoms with van der Waals surface area (Å²) >= 11 is 0. The first-order valence-corrected chi connectivity index (χ1v) is 6.62. The molecular weight excluding hydrogens is 252 g/mol. The maximum atomic E-state index is 11.7. The quantitative estimate of drug-likeness (QED) is 0.841.